The van der Waals surface area contributed by atoms with Gasteiger partial charge in [0, 0.05) is 81.4 Å². The number of likely N-dealkylation sites (N-methyl/N-ethyl adjacent to an activating group) is 1. The average Bonchev–Trinajstić information content (AvgIpc) is 3.49. The highest BCUT2D eigenvalue weighted by atomic mass is 19.4. The van der Waals surface area contributed by atoms with Gasteiger partial charge in [0.15, 0.2) is 5.78 Å². The Bertz CT molecular complexity index is 1520. The van der Waals surface area contributed by atoms with Gasteiger partial charge < -0.3 is 19.7 Å². The van der Waals surface area contributed by atoms with Crippen molar-refractivity contribution in [2.75, 3.05) is 40.3 Å². The van der Waals surface area contributed by atoms with E-state index in [1.165, 1.54) is 31.4 Å². The Morgan fingerprint density at radius 2 is 1.81 bits per heavy atom. The van der Waals surface area contributed by atoms with E-state index in [-0.39, 0.29) is 59.4 Å². The number of carbonyl (C=O) groups excluding carboxylic acids is 2. The van der Waals surface area contributed by atoms with Gasteiger partial charge >= 0.3 is 6.18 Å². The molecule has 42 heavy (non-hydrogen) atoms. The zero-order chi connectivity index (χ0) is 29.6. The summed E-state index contributed by atoms with van der Waals surface area (Å²) in [5, 5.41) is 2.52. The van der Waals surface area contributed by atoms with Gasteiger partial charge in [-0.25, -0.2) is 0 Å². The van der Waals surface area contributed by atoms with Crippen LogP contribution in [0.4, 0.5) is 13.2 Å². The van der Waals surface area contributed by atoms with Crippen molar-refractivity contribution in [1.82, 2.24) is 20.1 Å². The largest absolute Gasteiger partial charge is 0.489 e. The minimum absolute atomic E-state index is 0.0371. The lowest BCUT2D eigenvalue weighted by molar-refractivity contribution is -0.138. The van der Waals surface area contributed by atoms with E-state index in [0.717, 1.165) is 24.7 Å². The highest BCUT2D eigenvalue weighted by molar-refractivity contribution is 5.97. The standard InChI is InChI=1S/C31H31F3N4O4/c1-35-30(40)25-15-21(7-8-36-25)41-20-5-6-27-22(14-20)28-23(29(28)42-27)16-26(39)18-3-4-19(24(13-18)31(32,33)34)17-38-11-9-37(2)10-12-38/h3-8,13-15,23,28-29H,9-12,16-17H2,1-2H3,(H,35,40)/t23-,28-,29+/m0/s1. The molecule has 2 fully saturated rings. The molecule has 0 unspecified atom stereocenters. The van der Waals surface area contributed by atoms with Crippen molar-refractivity contribution in [3.63, 3.8) is 0 Å². The Kier molecular flexibility index (Phi) is 7.40. The first-order chi connectivity index (χ1) is 20.1. The number of aromatic nitrogens is 1. The number of ketones is 1. The molecule has 1 saturated heterocycles. The minimum atomic E-state index is -4.55. The molecule has 0 bridgehead atoms. The van der Waals surface area contributed by atoms with E-state index in [2.05, 4.69) is 15.2 Å². The molecule has 220 valence electrons. The summed E-state index contributed by atoms with van der Waals surface area (Å²) in [5.74, 6) is 0.859. The number of halogens is 3. The topological polar surface area (TPSA) is 84.0 Å². The van der Waals surface area contributed by atoms with Gasteiger partial charge in [-0.1, -0.05) is 12.1 Å². The molecule has 1 aromatic heterocycles. The van der Waals surface area contributed by atoms with E-state index in [1.54, 1.807) is 18.2 Å². The first-order valence-corrected chi connectivity index (χ1v) is 13.9. The third-order valence-corrected chi connectivity index (χ3v) is 8.27. The predicted molar refractivity (Wildman–Crippen MR) is 148 cm³/mol. The van der Waals surface area contributed by atoms with Crippen LogP contribution in [0.1, 0.15) is 49.9 Å². The molecule has 2 aliphatic heterocycles. The lowest BCUT2D eigenvalue weighted by atomic mass is 9.97. The number of piperazine rings is 1. The Hall–Kier alpha value is -3.96. The van der Waals surface area contributed by atoms with Gasteiger partial charge in [0.1, 0.15) is 29.0 Å². The molecule has 1 amide bonds. The number of alkyl halides is 3. The molecule has 1 N–H and O–H groups in total. The van der Waals surface area contributed by atoms with Crippen LogP contribution in [-0.2, 0) is 12.7 Å². The molecular formula is C31H31F3N4O4. The Morgan fingerprint density at radius 3 is 2.55 bits per heavy atom. The molecule has 11 heteroatoms. The van der Waals surface area contributed by atoms with Crippen LogP contribution in [0.2, 0.25) is 0 Å². The van der Waals surface area contributed by atoms with E-state index < -0.39 is 11.7 Å². The second kappa shape index (κ2) is 11.0. The number of benzene rings is 2. The predicted octanol–water partition coefficient (Wildman–Crippen LogP) is 4.75. The summed E-state index contributed by atoms with van der Waals surface area (Å²) < 4.78 is 54.0. The quantitative estimate of drug-likeness (QED) is 0.385. The van der Waals surface area contributed by atoms with Crippen LogP contribution in [0.5, 0.6) is 17.2 Å². The highest BCUT2D eigenvalue weighted by Gasteiger charge is 2.59. The van der Waals surface area contributed by atoms with Gasteiger partial charge in [-0.3, -0.25) is 19.5 Å². The van der Waals surface area contributed by atoms with Crippen LogP contribution in [0.15, 0.2) is 54.7 Å². The van der Waals surface area contributed by atoms with Crippen LogP contribution in [0, 0.1) is 5.92 Å². The molecule has 3 atom stereocenters. The fourth-order valence-corrected chi connectivity index (χ4v) is 5.85. The van der Waals surface area contributed by atoms with Gasteiger partial charge in [0.25, 0.3) is 5.91 Å². The Balaban J connectivity index is 1.13. The van der Waals surface area contributed by atoms with Gasteiger partial charge in [-0.05, 0) is 42.9 Å². The second-order valence-corrected chi connectivity index (χ2v) is 11.1. The fourth-order valence-electron chi connectivity index (χ4n) is 5.85. The molecular weight excluding hydrogens is 549 g/mol. The van der Waals surface area contributed by atoms with Gasteiger partial charge in [0.05, 0.1) is 5.56 Å². The van der Waals surface area contributed by atoms with Gasteiger partial charge in [0.2, 0.25) is 0 Å². The zero-order valence-corrected chi connectivity index (χ0v) is 23.3. The number of hydrogen-bond donors (Lipinski definition) is 1. The van der Waals surface area contributed by atoms with Gasteiger partial charge in [-0.2, -0.15) is 13.2 Å². The minimum Gasteiger partial charge on any atom is -0.489 e. The van der Waals surface area contributed by atoms with Crippen molar-refractivity contribution >= 4 is 11.7 Å². The zero-order valence-electron chi connectivity index (χ0n) is 23.3. The summed E-state index contributed by atoms with van der Waals surface area (Å²) in [7, 11) is 3.52. The third kappa shape index (κ3) is 5.71. The number of fused-ring (bicyclic) bond motifs is 3. The maximum atomic E-state index is 14.0. The molecule has 1 aliphatic carbocycles. The van der Waals surface area contributed by atoms with Crippen LogP contribution in [-0.4, -0.2) is 72.9 Å². The van der Waals surface area contributed by atoms with Crippen molar-refractivity contribution in [1.29, 1.82) is 0 Å². The summed E-state index contributed by atoms with van der Waals surface area (Å²) in [5.41, 5.74) is 0.628. The maximum Gasteiger partial charge on any atom is 0.416 e. The molecule has 0 spiro atoms. The lowest BCUT2D eigenvalue weighted by Gasteiger charge is -2.33. The van der Waals surface area contributed by atoms with Crippen LogP contribution < -0.4 is 14.8 Å². The summed E-state index contributed by atoms with van der Waals surface area (Å²) >= 11 is 0. The van der Waals surface area contributed by atoms with Crippen molar-refractivity contribution < 1.29 is 32.2 Å². The molecule has 0 radical (unpaired) electrons. The number of carbonyl (C=O) groups is 2. The molecule has 6 rings (SSSR count). The summed E-state index contributed by atoms with van der Waals surface area (Å²) in [6, 6.07) is 12.6. The van der Waals surface area contributed by atoms with E-state index >= 15 is 0 Å². The SMILES string of the molecule is CNC(=O)c1cc(Oc2ccc3c(c2)[C@H]2[C@H](CC(=O)c4ccc(CN5CCN(C)CC5)c(C(F)(F)F)c4)[C@H]2O3)ccn1. The second-order valence-electron chi connectivity index (χ2n) is 11.1. The number of nitrogens with one attached hydrogen (secondary N) is 1. The van der Waals surface area contributed by atoms with Crippen molar-refractivity contribution in [3.8, 4) is 17.2 Å². The molecule has 3 aromatic rings. The smallest absolute Gasteiger partial charge is 0.416 e. The number of hydrogen-bond acceptors (Lipinski definition) is 7. The van der Waals surface area contributed by atoms with E-state index in [0.29, 0.717) is 30.3 Å². The Labute approximate surface area is 241 Å². The molecule has 3 heterocycles. The van der Waals surface area contributed by atoms with Gasteiger partial charge in [-0.15, -0.1) is 0 Å². The number of ether oxygens (including phenoxy) is 2. The van der Waals surface area contributed by atoms with Crippen molar-refractivity contribution in [2.24, 2.45) is 5.92 Å². The highest BCUT2D eigenvalue weighted by Crippen LogP contribution is 2.60. The van der Waals surface area contributed by atoms with E-state index in [9.17, 15) is 22.8 Å². The number of Topliss-reactive ketones (excluding diaryl/α,β-unsaturated/α-hetero) is 1. The lowest BCUT2D eigenvalue weighted by Crippen LogP contribution is -2.44. The number of pyridine rings is 1. The maximum absolute atomic E-state index is 14.0. The molecule has 2 aromatic carbocycles. The summed E-state index contributed by atoms with van der Waals surface area (Å²) in [6.45, 7) is 3.22. The first kappa shape index (κ1) is 28.2. The van der Waals surface area contributed by atoms with E-state index in [4.69, 9.17) is 9.47 Å². The number of rotatable bonds is 8. The van der Waals surface area contributed by atoms with Crippen molar-refractivity contribution in [3.05, 3.63) is 82.7 Å². The van der Waals surface area contributed by atoms with Crippen molar-refractivity contribution in [2.45, 2.75) is 31.2 Å². The monoisotopic (exact) mass is 580 g/mol. The van der Waals surface area contributed by atoms with Crippen LogP contribution in [0.25, 0.3) is 0 Å². The van der Waals surface area contributed by atoms with Crippen LogP contribution >= 0.6 is 0 Å². The summed E-state index contributed by atoms with van der Waals surface area (Å²) in [4.78, 5) is 33.3. The molecule has 3 aliphatic rings. The third-order valence-electron chi connectivity index (χ3n) is 8.27. The van der Waals surface area contributed by atoms with E-state index in [1.807, 2.05) is 18.0 Å². The first-order valence-electron chi connectivity index (χ1n) is 13.9. The molecule has 8 nitrogen and oxygen atoms in total. The number of amides is 1. The normalized spacial score (nSPS) is 21.7. The average molecular weight is 581 g/mol. The molecule has 1 saturated carbocycles. The Morgan fingerprint density at radius 1 is 1.05 bits per heavy atom. The fraction of sp³-hybridized carbons (Fsp3) is 0.387. The summed E-state index contributed by atoms with van der Waals surface area (Å²) in [6.07, 6.45) is -3.17. The van der Waals surface area contributed by atoms with Crippen LogP contribution in [0.3, 0.4) is 0 Å². The number of nitrogens with zero attached hydrogens (tertiary/aromatic N) is 3.